The number of halogens is 1. The molecule has 0 fully saturated rings. The summed E-state index contributed by atoms with van der Waals surface area (Å²) in [5.41, 5.74) is 1.08. The summed E-state index contributed by atoms with van der Waals surface area (Å²) in [6.45, 7) is 6.13. The Labute approximate surface area is 148 Å². The molecule has 130 valence electrons. The van der Waals surface area contributed by atoms with Gasteiger partial charge >= 0.3 is 0 Å². The third kappa shape index (κ3) is 5.53. The molecular formula is C17H25ClN6. The monoisotopic (exact) mass is 348 g/mol. The van der Waals surface area contributed by atoms with Crippen molar-refractivity contribution in [2.24, 2.45) is 12.0 Å². The van der Waals surface area contributed by atoms with Crippen LogP contribution in [0.1, 0.15) is 37.0 Å². The van der Waals surface area contributed by atoms with Crippen LogP contribution in [0.15, 0.2) is 29.3 Å². The standard InChI is InChI=1S/C17H25ClN6/c1-4-5-9-19-17(20-11-14-7-6-8-15(18)10-14)21-12-16-23-22-13(2)24(16)3/h6-8,10H,4-5,9,11-12H2,1-3H3,(H2,19,20,21). The summed E-state index contributed by atoms with van der Waals surface area (Å²) >= 11 is 6.03. The Morgan fingerprint density at radius 1 is 1.29 bits per heavy atom. The molecule has 1 aromatic carbocycles. The van der Waals surface area contributed by atoms with E-state index >= 15 is 0 Å². The molecule has 6 nitrogen and oxygen atoms in total. The normalized spacial score (nSPS) is 11.6. The molecule has 0 spiro atoms. The maximum atomic E-state index is 6.03. The molecule has 0 bridgehead atoms. The van der Waals surface area contributed by atoms with Gasteiger partial charge < -0.3 is 15.2 Å². The summed E-state index contributed by atoms with van der Waals surface area (Å²) in [6, 6.07) is 7.75. The van der Waals surface area contributed by atoms with Gasteiger partial charge in [-0.1, -0.05) is 37.1 Å². The van der Waals surface area contributed by atoms with Crippen molar-refractivity contribution in [1.29, 1.82) is 0 Å². The second-order valence-corrected chi connectivity index (χ2v) is 6.09. The lowest BCUT2D eigenvalue weighted by Gasteiger charge is -2.12. The van der Waals surface area contributed by atoms with Crippen molar-refractivity contribution in [3.05, 3.63) is 46.5 Å². The first-order chi connectivity index (χ1) is 11.6. The zero-order chi connectivity index (χ0) is 17.4. The predicted molar refractivity (Wildman–Crippen MR) is 98.1 cm³/mol. The van der Waals surface area contributed by atoms with E-state index < -0.39 is 0 Å². The molecule has 0 unspecified atom stereocenters. The van der Waals surface area contributed by atoms with Crippen molar-refractivity contribution in [3.8, 4) is 0 Å². The molecule has 7 heteroatoms. The Kier molecular flexibility index (Phi) is 7.06. The fourth-order valence-electron chi connectivity index (χ4n) is 2.13. The number of rotatable bonds is 7. The molecule has 2 rings (SSSR count). The van der Waals surface area contributed by atoms with Crippen LogP contribution < -0.4 is 10.6 Å². The van der Waals surface area contributed by atoms with Crippen LogP contribution >= 0.6 is 11.6 Å². The van der Waals surface area contributed by atoms with E-state index in [4.69, 9.17) is 11.6 Å². The first kappa shape index (κ1) is 18.3. The van der Waals surface area contributed by atoms with Crippen LogP contribution in [0.3, 0.4) is 0 Å². The Hall–Kier alpha value is -2.08. The van der Waals surface area contributed by atoms with Crippen molar-refractivity contribution < 1.29 is 0 Å². The minimum Gasteiger partial charge on any atom is -0.356 e. The first-order valence-electron chi connectivity index (χ1n) is 8.21. The van der Waals surface area contributed by atoms with Gasteiger partial charge in [-0.3, -0.25) is 0 Å². The molecule has 0 saturated carbocycles. The van der Waals surface area contributed by atoms with Crippen LogP contribution in [0.5, 0.6) is 0 Å². The number of nitrogens with zero attached hydrogens (tertiary/aromatic N) is 4. The largest absolute Gasteiger partial charge is 0.356 e. The maximum absolute atomic E-state index is 6.03. The van der Waals surface area contributed by atoms with E-state index in [1.54, 1.807) is 0 Å². The van der Waals surface area contributed by atoms with Crippen LogP contribution in [0.2, 0.25) is 5.02 Å². The van der Waals surface area contributed by atoms with Crippen LogP contribution in [0, 0.1) is 6.92 Å². The molecule has 0 aliphatic rings. The SMILES string of the molecule is CCCCNC(=NCc1cccc(Cl)c1)NCc1nnc(C)n1C. The lowest BCUT2D eigenvalue weighted by molar-refractivity contribution is 0.695. The van der Waals surface area contributed by atoms with Gasteiger partial charge in [-0.25, -0.2) is 4.99 Å². The number of guanidine groups is 1. The summed E-state index contributed by atoms with van der Waals surface area (Å²) in [5.74, 6) is 2.53. The summed E-state index contributed by atoms with van der Waals surface area (Å²) in [4.78, 5) is 4.64. The zero-order valence-electron chi connectivity index (χ0n) is 14.5. The molecule has 0 aliphatic carbocycles. The van der Waals surface area contributed by atoms with Crippen molar-refractivity contribution >= 4 is 17.6 Å². The van der Waals surface area contributed by atoms with E-state index in [2.05, 4.69) is 32.7 Å². The molecule has 24 heavy (non-hydrogen) atoms. The Morgan fingerprint density at radius 3 is 2.79 bits per heavy atom. The molecule has 1 heterocycles. The van der Waals surface area contributed by atoms with Crippen LogP contribution in [-0.4, -0.2) is 27.3 Å². The van der Waals surface area contributed by atoms with Gasteiger partial charge in [-0.05, 0) is 31.0 Å². The fourth-order valence-corrected chi connectivity index (χ4v) is 2.34. The number of nitrogens with one attached hydrogen (secondary N) is 2. The van der Waals surface area contributed by atoms with Gasteiger partial charge in [-0.15, -0.1) is 10.2 Å². The molecule has 0 amide bonds. The number of unbranched alkanes of at least 4 members (excludes halogenated alkanes) is 1. The third-order valence-corrected chi connectivity index (χ3v) is 3.96. The van der Waals surface area contributed by atoms with Gasteiger partial charge in [0, 0.05) is 18.6 Å². The molecule has 0 radical (unpaired) electrons. The fraction of sp³-hybridized carbons (Fsp3) is 0.471. The Balaban J connectivity index is 2.00. The minimum absolute atomic E-state index is 0.569. The number of hydrogen-bond donors (Lipinski definition) is 2. The van der Waals surface area contributed by atoms with Crippen molar-refractivity contribution in [2.45, 2.75) is 39.8 Å². The van der Waals surface area contributed by atoms with E-state index in [0.717, 1.165) is 47.6 Å². The van der Waals surface area contributed by atoms with E-state index in [0.29, 0.717) is 13.1 Å². The highest BCUT2D eigenvalue weighted by Gasteiger charge is 2.06. The molecule has 2 aromatic rings. The highest BCUT2D eigenvalue weighted by Crippen LogP contribution is 2.11. The van der Waals surface area contributed by atoms with E-state index in [9.17, 15) is 0 Å². The van der Waals surface area contributed by atoms with Crippen molar-refractivity contribution in [2.75, 3.05) is 6.54 Å². The van der Waals surface area contributed by atoms with Gasteiger partial charge in [0.15, 0.2) is 11.8 Å². The Morgan fingerprint density at radius 2 is 2.12 bits per heavy atom. The lowest BCUT2D eigenvalue weighted by Crippen LogP contribution is -2.38. The molecule has 0 saturated heterocycles. The molecule has 0 aliphatic heterocycles. The smallest absolute Gasteiger partial charge is 0.191 e. The highest BCUT2D eigenvalue weighted by molar-refractivity contribution is 6.30. The van der Waals surface area contributed by atoms with E-state index in [1.807, 2.05) is 42.8 Å². The number of aryl methyl sites for hydroxylation is 1. The van der Waals surface area contributed by atoms with Gasteiger partial charge in [0.25, 0.3) is 0 Å². The summed E-state index contributed by atoms with van der Waals surface area (Å²) in [5, 5.41) is 15.6. The zero-order valence-corrected chi connectivity index (χ0v) is 15.3. The van der Waals surface area contributed by atoms with E-state index in [-0.39, 0.29) is 0 Å². The average Bonchev–Trinajstić information content (AvgIpc) is 2.89. The highest BCUT2D eigenvalue weighted by atomic mass is 35.5. The second-order valence-electron chi connectivity index (χ2n) is 5.65. The average molecular weight is 349 g/mol. The van der Waals surface area contributed by atoms with Gasteiger partial charge in [0.2, 0.25) is 0 Å². The van der Waals surface area contributed by atoms with Crippen LogP contribution in [0.4, 0.5) is 0 Å². The van der Waals surface area contributed by atoms with Crippen molar-refractivity contribution in [1.82, 2.24) is 25.4 Å². The predicted octanol–water partition coefficient (Wildman–Crippen LogP) is 2.81. The minimum atomic E-state index is 0.569. The molecule has 0 atom stereocenters. The lowest BCUT2D eigenvalue weighted by atomic mass is 10.2. The molecular weight excluding hydrogens is 324 g/mol. The Bertz CT molecular complexity index is 679. The first-order valence-corrected chi connectivity index (χ1v) is 8.59. The molecule has 1 aromatic heterocycles. The number of aliphatic imine (C=N–C) groups is 1. The van der Waals surface area contributed by atoms with Gasteiger partial charge in [0.1, 0.15) is 5.82 Å². The quantitative estimate of drug-likeness (QED) is 0.458. The van der Waals surface area contributed by atoms with Gasteiger partial charge in [-0.2, -0.15) is 0 Å². The number of benzene rings is 1. The maximum Gasteiger partial charge on any atom is 0.191 e. The van der Waals surface area contributed by atoms with Gasteiger partial charge in [0.05, 0.1) is 13.1 Å². The second kappa shape index (κ2) is 9.27. The topological polar surface area (TPSA) is 67.1 Å². The summed E-state index contributed by atoms with van der Waals surface area (Å²) in [7, 11) is 1.96. The van der Waals surface area contributed by atoms with Crippen LogP contribution in [0.25, 0.3) is 0 Å². The third-order valence-electron chi connectivity index (χ3n) is 3.73. The van der Waals surface area contributed by atoms with Crippen LogP contribution in [-0.2, 0) is 20.1 Å². The molecule has 2 N–H and O–H groups in total. The van der Waals surface area contributed by atoms with Crippen molar-refractivity contribution in [3.63, 3.8) is 0 Å². The summed E-state index contributed by atoms with van der Waals surface area (Å²) < 4.78 is 1.97. The number of hydrogen-bond acceptors (Lipinski definition) is 3. The summed E-state index contributed by atoms with van der Waals surface area (Å²) in [6.07, 6.45) is 2.23. The van der Waals surface area contributed by atoms with E-state index in [1.165, 1.54) is 0 Å². The number of aromatic nitrogens is 3.